The highest BCUT2D eigenvalue weighted by molar-refractivity contribution is 6.00. The number of benzene rings is 3. The summed E-state index contributed by atoms with van der Waals surface area (Å²) in [6.07, 6.45) is -0.445. The highest BCUT2D eigenvalue weighted by atomic mass is 16.6. The molecule has 3 amide bonds. The van der Waals surface area contributed by atoms with Crippen molar-refractivity contribution in [2.24, 2.45) is 0 Å². The molecule has 218 valence electrons. The van der Waals surface area contributed by atoms with Gasteiger partial charge in [0.05, 0.1) is 0 Å². The van der Waals surface area contributed by atoms with Crippen molar-refractivity contribution >= 4 is 23.6 Å². The van der Waals surface area contributed by atoms with Gasteiger partial charge in [0.2, 0.25) is 5.91 Å². The Morgan fingerprint density at radius 3 is 2.00 bits per heavy atom. The number of carbonyl (C=O) groups excluding carboxylic acids is 3. The Kier molecular flexibility index (Phi) is 10.3. The van der Waals surface area contributed by atoms with E-state index in [0.29, 0.717) is 0 Å². The maximum Gasteiger partial charge on any atom is 0.408 e. The molecule has 0 aliphatic heterocycles. The normalized spacial score (nSPS) is 12.7. The zero-order chi connectivity index (χ0) is 30.3. The molecule has 0 aliphatic rings. The lowest BCUT2D eigenvalue weighted by Gasteiger charge is -2.35. The number of ether oxygens (including phenoxy) is 1. The summed E-state index contributed by atoms with van der Waals surface area (Å²) in [5, 5.41) is 5.90. The second kappa shape index (κ2) is 13.5. The molecule has 3 rings (SSSR count). The first-order valence-electron chi connectivity index (χ1n) is 14.1. The van der Waals surface area contributed by atoms with E-state index in [1.54, 1.807) is 25.7 Å². The van der Waals surface area contributed by atoms with E-state index in [0.717, 1.165) is 39.1 Å². The number of likely N-dealkylation sites (N-methyl/N-ethyl adjacent to an activating group) is 1. The minimum Gasteiger partial charge on any atom is -0.444 e. The van der Waals surface area contributed by atoms with Crippen LogP contribution in [0.2, 0.25) is 0 Å². The van der Waals surface area contributed by atoms with Crippen LogP contribution in [0.4, 0.5) is 10.5 Å². The van der Waals surface area contributed by atoms with Crippen molar-refractivity contribution in [2.75, 3.05) is 11.9 Å². The predicted octanol–water partition coefficient (Wildman–Crippen LogP) is 6.58. The fourth-order valence-electron chi connectivity index (χ4n) is 4.89. The average Bonchev–Trinajstić information content (AvgIpc) is 2.90. The molecule has 0 saturated carbocycles. The molecule has 0 heterocycles. The highest BCUT2D eigenvalue weighted by Gasteiger charge is 2.36. The number of anilines is 1. The van der Waals surface area contributed by atoms with Gasteiger partial charge in [-0.15, -0.1) is 0 Å². The Morgan fingerprint density at radius 1 is 0.829 bits per heavy atom. The summed E-state index contributed by atoms with van der Waals surface area (Å²) in [6.45, 7) is 15.2. The van der Waals surface area contributed by atoms with E-state index in [1.165, 1.54) is 0 Å². The standard InChI is InChI=1S/C34H43N3O4/c1-9-37(32(39)28(21-26-18-11-10-12-19-26)35-33(40)41-34(6,7)8)30(27-20-14-15-22(2)25(27)5)31(38)36-29-23(3)16-13-17-24(29)4/h10-20,28,30H,9,21H2,1-8H3,(H,35,40)(H,36,38). The van der Waals surface area contributed by atoms with Gasteiger partial charge in [-0.05, 0) is 88.8 Å². The molecule has 2 N–H and O–H groups in total. The lowest BCUT2D eigenvalue weighted by Crippen LogP contribution is -2.53. The Labute approximate surface area is 244 Å². The van der Waals surface area contributed by atoms with E-state index in [4.69, 9.17) is 4.74 Å². The Bertz CT molecular complexity index is 1360. The van der Waals surface area contributed by atoms with Gasteiger partial charge in [-0.1, -0.05) is 66.7 Å². The molecule has 7 heteroatoms. The zero-order valence-electron chi connectivity index (χ0n) is 25.5. The molecule has 0 bridgehead atoms. The fourth-order valence-corrected chi connectivity index (χ4v) is 4.89. The summed E-state index contributed by atoms with van der Waals surface area (Å²) >= 11 is 0. The van der Waals surface area contributed by atoms with Crippen LogP contribution in [-0.4, -0.2) is 41.0 Å². The van der Waals surface area contributed by atoms with Gasteiger partial charge in [-0.2, -0.15) is 0 Å². The van der Waals surface area contributed by atoms with Gasteiger partial charge in [0, 0.05) is 18.7 Å². The van der Waals surface area contributed by atoms with Crippen molar-refractivity contribution in [1.82, 2.24) is 10.2 Å². The number of carbonyl (C=O) groups is 3. The third kappa shape index (κ3) is 8.19. The van der Waals surface area contributed by atoms with E-state index in [-0.39, 0.29) is 24.8 Å². The predicted molar refractivity (Wildman–Crippen MR) is 164 cm³/mol. The number of para-hydroxylation sites is 1. The second-order valence-corrected chi connectivity index (χ2v) is 11.5. The van der Waals surface area contributed by atoms with Crippen LogP contribution < -0.4 is 10.6 Å². The lowest BCUT2D eigenvalue weighted by molar-refractivity contribution is -0.140. The first-order chi connectivity index (χ1) is 19.3. The molecule has 7 nitrogen and oxygen atoms in total. The van der Waals surface area contributed by atoms with Crippen LogP contribution in [0.3, 0.4) is 0 Å². The molecule has 0 aromatic heterocycles. The number of hydrogen-bond donors (Lipinski definition) is 2. The van der Waals surface area contributed by atoms with Crippen LogP contribution in [0.25, 0.3) is 0 Å². The van der Waals surface area contributed by atoms with E-state index in [9.17, 15) is 14.4 Å². The topological polar surface area (TPSA) is 87.7 Å². The highest BCUT2D eigenvalue weighted by Crippen LogP contribution is 2.30. The van der Waals surface area contributed by atoms with Gasteiger partial charge in [0.15, 0.2) is 0 Å². The smallest absolute Gasteiger partial charge is 0.408 e. The Balaban J connectivity index is 2.07. The minimum atomic E-state index is -0.951. The van der Waals surface area contributed by atoms with Gasteiger partial charge in [0.25, 0.3) is 5.91 Å². The van der Waals surface area contributed by atoms with Crippen molar-refractivity contribution in [3.8, 4) is 0 Å². The largest absolute Gasteiger partial charge is 0.444 e. The summed E-state index contributed by atoms with van der Waals surface area (Å²) in [7, 11) is 0. The summed E-state index contributed by atoms with van der Waals surface area (Å²) in [5.41, 5.74) is 5.41. The molecule has 0 aliphatic carbocycles. The maximum absolute atomic E-state index is 14.4. The van der Waals surface area contributed by atoms with Crippen LogP contribution in [0.5, 0.6) is 0 Å². The minimum absolute atomic E-state index is 0.244. The van der Waals surface area contributed by atoms with Crippen LogP contribution in [0.15, 0.2) is 66.7 Å². The zero-order valence-corrected chi connectivity index (χ0v) is 25.5. The number of nitrogens with zero attached hydrogens (tertiary/aromatic N) is 1. The molecule has 3 aromatic rings. The quantitative estimate of drug-likeness (QED) is 0.311. The van der Waals surface area contributed by atoms with Gasteiger partial charge >= 0.3 is 6.09 Å². The van der Waals surface area contributed by atoms with Crippen molar-refractivity contribution < 1.29 is 19.1 Å². The van der Waals surface area contributed by atoms with Crippen molar-refractivity contribution in [3.05, 3.63) is 100 Å². The van der Waals surface area contributed by atoms with Gasteiger partial charge in [-0.25, -0.2) is 4.79 Å². The molecular weight excluding hydrogens is 514 g/mol. The molecule has 3 aromatic carbocycles. The van der Waals surface area contributed by atoms with Crippen LogP contribution >= 0.6 is 0 Å². The third-order valence-corrected chi connectivity index (χ3v) is 7.13. The fraction of sp³-hybridized carbons (Fsp3) is 0.382. The van der Waals surface area contributed by atoms with Crippen molar-refractivity contribution in [1.29, 1.82) is 0 Å². The molecular formula is C34H43N3O4. The first kappa shape index (κ1) is 31.4. The maximum atomic E-state index is 14.4. The molecule has 0 fully saturated rings. The molecule has 0 spiro atoms. The number of rotatable bonds is 9. The molecule has 2 unspecified atom stereocenters. The Morgan fingerprint density at radius 2 is 1.41 bits per heavy atom. The van der Waals surface area contributed by atoms with Crippen LogP contribution in [-0.2, 0) is 20.7 Å². The average molecular weight is 558 g/mol. The number of amides is 3. The van der Waals surface area contributed by atoms with Crippen LogP contribution in [0.1, 0.15) is 67.1 Å². The van der Waals surface area contributed by atoms with E-state index < -0.39 is 23.8 Å². The van der Waals surface area contributed by atoms with Gasteiger partial charge in [0.1, 0.15) is 17.7 Å². The number of alkyl carbamates (subject to hydrolysis) is 1. The number of aryl methyl sites for hydroxylation is 3. The summed E-state index contributed by atoms with van der Waals surface area (Å²) < 4.78 is 5.50. The molecule has 2 atom stereocenters. The first-order valence-corrected chi connectivity index (χ1v) is 14.1. The van der Waals surface area contributed by atoms with E-state index in [2.05, 4.69) is 10.6 Å². The van der Waals surface area contributed by atoms with Crippen molar-refractivity contribution in [2.45, 2.75) is 79.5 Å². The lowest BCUT2D eigenvalue weighted by atomic mass is 9.94. The third-order valence-electron chi connectivity index (χ3n) is 7.13. The van der Waals surface area contributed by atoms with E-state index in [1.807, 2.05) is 101 Å². The SMILES string of the molecule is CCN(C(=O)C(Cc1ccccc1)NC(=O)OC(C)(C)C)C(C(=O)Nc1c(C)cccc1C)c1cccc(C)c1C. The summed E-state index contributed by atoms with van der Waals surface area (Å²) in [5.74, 6) is -0.688. The van der Waals surface area contributed by atoms with E-state index >= 15 is 0 Å². The number of nitrogens with one attached hydrogen (secondary N) is 2. The molecule has 0 saturated heterocycles. The van der Waals surface area contributed by atoms with Crippen molar-refractivity contribution in [3.63, 3.8) is 0 Å². The second-order valence-electron chi connectivity index (χ2n) is 11.5. The Hall–Kier alpha value is -4.13. The summed E-state index contributed by atoms with van der Waals surface area (Å²) in [6, 6.07) is 19.2. The summed E-state index contributed by atoms with van der Waals surface area (Å²) in [4.78, 5) is 42.9. The van der Waals surface area contributed by atoms with Crippen LogP contribution in [0, 0.1) is 27.7 Å². The van der Waals surface area contributed by atoms with Gasteiger partial charge in [-0.3, -0.25) is 9.59 Å². The molecule has 41 heavy (non-hydrogen) atoms. The monoisotopic (exact) mass is 557 g/mol. The molecule has 0 radical (unpaired) electrons. The van der Waals surface area contributed by atoms with Gasteiger partial charge < -0.3 is 20.3 Å². The number of hydrogen-bond acceptors (Lipinski definition) is 4.